The van der Waals surface area contributed by atoms with Gasteiger partial charge in [-0.1, -0.05) is 12.1 Å². The number of rotatable bonds is 8. The van der Waals surface area contributed by atoms with Crippen molar-refractivity contribution in [2.45, 2.75) is 25.2 Å². The molecule has 21 heavy (non-hydrogen) atoms. The quantitative estimate of drug-likeness (QED) is 0.798. The van der Waals surface area contributed by atoms with E-state index in [0.29, 0.717) is 24.8 Å². The van der Waals surface area contributed by atoms with Gasteiger partial charge in [0.25, 0.3) is 0 Å². The minimum Gasteiger partial charge on any atom is -0.497 e. The molecule has 1 aromatic carbocycles. The van der Waals surface area contributed by atoms with E-state index in [4.69, 9.17) is 4.74 Å². The zero-order valence-electron chi connectivity index (χ0n) is 13.3. The van der Waals surface area contributed by atoms with Crippen LogP contribution in [-0.4, -0.2) is 45.1 Å². The molecular weight excluding hydrogens is 264 g/mol. The van der Waals surface area contributed by atoms with Crippen LogP contribution in [0.3, 0.4) is 0 Å². The summed E-state index contributed by atoms with van der Waals surface area (Å²) < 4.78 is 5.20. The van der Waals surface area contributed by atoms with E-state index in [1.165, 1.54) is 18.4 Å². The normalized spacial score (nSPS) is 15.8. The number of nitrogens with zero attached hydrogens (tertiary/aromatic N) is 1. The third-order valence-corrected chi connectivity index (χ3v) is 4.02. The van der Waals surface area contributed by atoms with Gasteiger partial charge in [-0.2, -0.15) is 0 Å². The molecule has 0 saturated heterocycles. The van der Waals surface area contributed by atoms with Gasteiger partial charge in [0.1, 0.15) is 5.75 Å². The van der Waals surface area contributed by atoms with Crippen LogP contribution in [0.1, 0.15) is 30.7 Å². The highest BCUT2D eigenvalue weighted by Crippen LogP contribution is 2.44. The summed E-state index contributed by atoms with van der Waals surface area (Å²) in [7, 11) is 5.69. The summed E-state index contributed by atoms with van der Waals surface area (Å²) >= 11 is 0. The smallest absolute Gasteiger partial charge is 0.220 e. The number of likely N-dealkylation sites (N-methyl/N-ethyl adjacent to an activating group) is 1. The van der Waals surface area contributed by atoms with E-state index in [9.17, 15) is 4.79 Å². The average Bonchev–Trinajstić information content (AvgIpc) is 3.29. The topological polar surface area (TPSA) is 41.6 Å². The monoisotopic (exact) mass is 290 g/mol. The van der Waals surface area contributed by atoms with Crippen LogP contribution in [0.25, 0.3) is 0 Å². The first kappa shape index (κ1) is 15.8. The van der Waals surface area contributed by atoms with Crippen molar-refractivity contribution < 1.29 is 9.53 Å². The van der Waals surface area contributed by atoms with E-state index >= 15 is 0 Å². The summed E-state index contributed by atoms with van der Waals surface area (Å²) in [6.45, 7) is 1.59. The Bertz CT molecular complexity index is 452. The van der Waals surface area contributed by atoms with E-state index in [1.54, 1.807) is 7.11 Å². The molecule has 4 nitrogen and oxygen atoms in total. The summed E-state index contributed by atoms with van der Waals surface area (Å²) in [5.74, 6) is 2.03. The fourth-order valence-corrected chi connectivity index (χ4v) is 2.60. The van der Waals surface area contributed by atoms with Crippen molar-refractivity contribution in [2.75, 3.05) is 34.3 Å². The molecule has 1 unspecified atom stereocenters. The molecule has 1 saturated carbocycles. The molecule has 1 aliphatic rings. The Balaban J connectivity index is 1.91. The van der Waals surface area contributed by atoms with Crippen molar-refractivity contribution in [1.29, 1.82) is 0 Å². The second-order valence-corrected chi connectivity index (χ2v) is 6.07. The third-order valence-electron chi connectivity index (χ3n) is 4.02. The number of benzene rings is 1. The van der Waals surface area contributed by atoms with Gasteiger partial charge in [0.15, 0.2) is 0 Å². The van der Waals surface area contributed by atoms with Crippen molar-refractivity contribution in [3.05, 3.63) is 29.8 Å². The Labute approximate surface area is 127 Å². The van der Waals surface area contributed by atoms with Crippen molar-refractivity contribution in [3.63, 3.8) is 0 Å². The van der Waals surface area contributed by atoms with Crippen molar-refractivity contribution in [2.24, 2.45) is 5.92 Å². The third kappa shape index (κ3) is 5.05. The largest absolute Gasteiger partial charge is 0.497 e. The Morgan fingerprint density at radius 3 is 2.52 bits per heavy atom. The number of carbonyl (C=O) groups is 1. The SMILES string of the molecule is COc1ccc(C(CC(=O)NCCN(C)C)C2CC2)cc1. The van der Waals surface area contributed by atoms with Gasteiger partial charge < -0.3 is 15.0 Å². The summed E-state index contributed by atoms with van der Waals surface area (Å²) in [5, 5.41) is 3.01. The molecule has 0 spiro atoms. The fraction of sp³-hybridized carbons (Fsp3) is 0.588. The molecule has 1 fully saturated rings. The predicted molar refractivity (Wildman–Crippen MR) is 84.6 cm³/mol. The molecule has 0 aliphatic heterocycles. The van der Waals surface area contributed by atoms with Crippen LogP contribution in [0.2, 0.25) is 0 Å². The highest BCUT2D eigenvalue weighted by atomic mass is 16.5. The molecule has 4 heteroatoms. The molecule has 1 aliphatic carbocycles. The molecule has 0 aromatic heterocycles. The molecular formula is C17H26N2O2. The summed E-state index contributed by atoms with van der Waals surface area (Å²) in [6.07, 6.45) is 3.06. The number of hydrogen-bond acceptors (Lipinski definition) is 3. The Morgan fingerprint density at radius 2 is 2.00 bits per heavy atom. The van der Waals surface area contributed by atoms with Crippen LogP contribution in [0.15, 0.2) is 24.3 Å². The maximum Gasteiger partial charge on any atom is 0.220 e. The number of methoxy groups -OCH3 is 1. The van der Waals surface area contributed by atoms with Gasteiger partial charge in [-0.05, 0) is 56.5 Å². The van der Waals surface area contributed by atoms with Crippen LogP contribution < -0.4 is 10.1 Å². The lowest BCUT2D eigenvalue weighted by Gasteiger charge is -2.17. The highest BCUT2D eigenvalue weighted by Gasteiger charge is 2.33. The molecule has 2 rings (SSSR count). The minimum atomic E-state index is 0.157. The number of ether oxygens (including phenoxy) is 1. The highest BCUT2D eigenvalue weighted by molar-refractivity contribution is 5.77. The molecule has 1 N–H and O–H groups in total. The van der Waals surface area contributed by atoms with Crippen molar-refractivity contribution in [1.82, 2.24) is 10.2 Å². The maximum atomic E-state index is 12.1. The molecule has 116 valence electrons. The van der Waals surface area contributed by atoms with E-state index in [1.807, 2.05) is 26.2 Å². The minimum absolute atomic E-state index is 0.157. The molecule has 0 bridgehead atoms. The van der Waals surface area contributed by atoms with E-state index in [0.717, 1.165) is 12.3 Å². The predicted octanol–water partition coefficient (Wildman–Crippen LogP) is 2.26. The number of carbonyl (C=O) groups excluding carboxylic acids is 1. The van der Waals surface area contributed by atoms with Gasteiger partial charge >= 0.3 is 0 Å². The van der Waals surface area contributed by atoms with E-state index in [-0.39, 0.29) is 5.91 Å². The van der Waals surface area contributed by atoms with Gasteiger partial charge in [0.2, 0.25) is 5.91 Å². The average molecular weight is 290 g/mol. The molecule has 0 radical (unpaired) electrons. The lowest BCUT2D eigenvalue weighted by Crippen LogP contribution is -2.32. The van der Waals surface area contributed by atoms with E-state index in [2.05, 4.69) is 22.3 Å². The Morgan fingerprint density at radius 1 is 1.33 bits per heavy atom. The van der Waals surface area contributed by atoms with Crippen LogP contribution in [0.4, 0.5) is 0 Å². The zero-order valence-corrected chi connectivity index (χ0v) is 13.3. The zero-order chi connectivity index (χ0) is 15.2. The van der Waals surface area contributed by atoms with Crippen LogP contribution in [-0.2, 0) is 4.79 Å². The van der Waals surface area contributed by atoms with E-state index < -0.39 is 0 Å². The second-order valence-electron chi connectivity index (χ2n) is 6.07. The Hall–Kier alpha value is -1.55. The standard InChI is InChI=1S/C17H26N2O2/c1-19(2)11-10-18-17(20)12-16(13-4-5-13)14-6-8-15(21-3)9-7-14/h6-9,13,16H,4-5,10-12H2,1-3H3,(H,18,20). The number of amides is 1. The molecule has 1 atom stereocenters. The molecule has 1 amide bonds. The first-order chi connectivity index (χ1) is 10.1. The lowest BCUT2D eigenvalue weighted by atomic mass is 9.90. The second kappa shape index (κ2) is 7.46. The van der Waals surface area contributed by atoms with Gasteiger partial charge in [0.05, 0.1) is 7.11 Å². The van der Waals surface area contributed by atoms with Crippen LogP contribution in [0, 0.1) is 5.92 Å². The van der Waals surface area contributed by atoms with Gasteiger partial charge in [-0.25, -0.2) is 0 Å². The fourth-order valence-electron chi connectivity index (χ4n) is 2.60. The van der Waals surface area contributed by atoms with Gasteiger partial charge in [-0.15, -0.1) is 0 Å². The lowest BCUT2D eigenvalue weighted by molar-refractivity contribution is -0.121. The summed E-state index contributed by atoms with van der Waals surface area (Å²) in [6, 6.07) is 8.15. The van der Waals surface area contributed by atoms with Crippen molar-refractivity contribution in [3.8, 4) is 5.75 Å². The van der Waals surface area contributed by atoms with Crippen molar-refractivity contribution >= 4 is 5.91 Å². The number of hydrogen-bond donors (Lipinski definition) is 1. The van der Waals surface area contributed by atoms with Crippen LogP contribution in [0.5, 0.6) is 5.75 Å². The Kier molecular flexibility index (Phi) is 5.62. The number of nitrogens with one attached hydrogen (secondary N) is 1. The van der Waals surface area contributed by atoms with Gasteiger partial charge in [0, 0.05) is 19.5 Å². The van der Waals surface area contributed by atoms with Crippen LogP contribution >= 0.6 is 0 Å². The maximum absolute atomic E-state index is 12.1. The molecule has 1 aromatic rings. The van der Waals surface area contributed by atoms with Gasteiger partial charge in [-0.3, -0.25) is 4.79 Å². The first-order valence-electron chi connectivity index (χ1n) is 7.65. The summed E-state index contributed by atoms with van der Waals surface area (Å²) in [4.78, 5) is 14.2. The molecule has 0 heterocycles. The first-order valence-corrected chi connectivity index (χ1v) is 7.65. The summed E-state index contributed by atoms with van der Waals surface area (Å²) in [5.41, 5.74) is 1.25.